The number of hydrogen-bond donors (Lipinski definition) is 2. The second kappa shape index (κ2) is 7.41. The van der Waals surface area contributed by atoms with Crippen molar-refractivity contribution in [2.45, 2.75) is 20.0 Å². The summed E-state index contributed by atoms with van der Waals surface area (Å²) in [6, 6.07) is 17.2. The highest BCUT2D eigenvalue weighted by atomic mass is 16.5. The van der Waals surface area contributed by atoms with Crippen LogP contribution >= 0.6 is 0 Å². The Morgan fingerprint density at radius 2 is 1.71 bits per heavy atom. The van der Waals surface area contributed by atoms with Gasteiger partial charge in [0.25, 0.3) is 0 Å². The Balaban J connectivity index is 1.48. The smallest absolute Gasteiger partial charge is 0.315 e. The topological polar surface area (TPSA) is 80.0 Å². The largest absolute Gasteiger partial charge is 0.337 e. The van der Waals surface area contributed by atoms with Gasteiger partial charge in [-0.15, -0.1) is 0 Å². The average Bonchev–Trinajstić information content (AvgIpc) is 3.09. The van der Waals surface area contributed by atoms with E-state index in [1.807, 2.05) is 61.5 Å². The van der Waals surface area contributed by atoms with E-state index in [4.69, 9.17) is 4.52 Å². The molecule has 2 amide bonds. The quantitative estimate of drug-likeness (QED) is 0.756. The van der Waals surface area contributed by atoms with Crippen LogP contribution in [0.1, 0.15) is 17.0 Å². The van der Waals surface area contributed by atoms with Gasteiger partial charge in [-0.1, -0.05) is 65.3 Å². The molecule has 0 radical (unpaired) electrons. The molecule has 0 saturated heterocycles. The summed E-state index contributed by atoms with van der Waals surface area (Å²) >= 11 is 0. The van der Waals surface area contributed by atoms with E-state index < -0.39 is 0 Å². The summed E-state index contributed by atoms with van der Waals surface area (Å²) < 4.78 is 5.14. The zero-order valence-corrected chi connectivity index (χ0v) is 13.3. The molecule has 24 heavy (non-hydrogen) atoms. The molecule has 3 aromatic rings. The van der Waals surface area contributed by atoms with Crippen LogP contribution in [0.4, 0.5) is 4.79 Å². The summed E-state index contributed by atoms with van der Waals surface area (Å²) in [5.41, 5.74) is 3.10. The van der Waals surface area contributed by atoms with Crippen molar-refractivity contribution in [2.75, 3.05) is 0 Å². The highest BCUT2D eigenvalue weighted by Crippen LogP contribution is 2.14. The lowest BCUT2D eigenvalue weighted by Crippen LogP contribution is -2.34. The molecule has 0 aliphatic rings. The molecule has 2 N–H and O–H groups in total. The van der Waals surface area contributed by atoms with Gasteiger partial charge in [-0.25, -0.2) is 4.79 Å². The summed E-state index contributed by atoms with van der Waals surface area (Å²) in [6.07, 6.45) is 0. The van der Waals surface area contributed by atoms with Crippen molar-refractivity contribution < 1.29 is 9.32 Å². The number of aryl methyl sites for hydroxylation is 1. The number of nitrogens with zero attached hydrogens (tertiary/aromatic N) is 2. The number of amides is 2. The van der Waals surface area contributed by atoms with Gasteiger partial charge in [0, 0.05) is 12.1 Å². The lowest BCUT2D eigenvalue weighted by atomic mass is 10.1. The maximum atomic E-state index is 11.8. The van der Waals surface area contributed by atoms with Gasteiger partial charge in [-0.2, -0.15) is 4.98 Å². The van der Waals surface area contributed by atoms with Crippen molar-refractivity contribution in [2.24, 2.45) is 0 Å². The molecule has 0 bridgehead atoms. The molecule has 0 unspecified atom stereocenters. The van der Waals surface area contributed by atoms with Gasteiger partial charge in [0.2, 0.25) is 11.7 Å². The fourth-order valence-corrected chi connectivity index (χ4v) is 2.14. The molecule has 0 spiro atoms. The van der Waals surface area contributed by atoms with Gasteiger partial charge in [0.15, 0.2) is 0 Å². The van der Waals surface area contributed by atoms with Crippen molar-refractivity contribution in [3.8, 4) is 11.4 Å². The number of benzene rings is 2. The lowest BCUT2D eigenvalue weighted by Gasteiger charge is -2.06. The predicted octanol–water partition coefficient (Wildman–Crippen LogP) is 3.04. The van der Waals surface area contributed by atoms with Gasteiger partial charge in [0.05, 0.1) is 6.54 Å². The molecule has 0 atom stereocenters. The SMILES string of the molecule is Cc1ccc(CNC(=O)NCc2nc(-c3ccccc3)no2)cc1. The number of nitrogens with one attached hydrogen (secondary N) is 2. The highest BCUT2D eigenvalue weighted by molar-refractivity contribution is 5.73. The van der Waals surface area contributed by atoms with Crippen LogP contribution in [0, 0.1) is 6.92 Å². The van der Waals surface area contributed by atoms with Crippen molar-refractivity contribution >= 4 is 6.03 Å². The Morgan fingerprint density at radius 1 is 1.00 bits per heavy atom. The summed E-state index contributed by atoms with van der Waals surface area (Å²) in [4.78, 5) is 16.1. The first kappa shape index (κ1) is 15.7. The number of aromatic nitrogens is 2. The monoisotopic (exact) mass is 322 g/mol. The summed E-state index contributed by atoms with van der Waals surface area (Å²) in [7, 11) is 0. The number of hydrogen-bond acceptors (Lipinski definition) is 4. The van der Waals surface area contributed by atoms with Crippen LogP contribution in [0.5, 0.6) is 0 Å². The maximum Gasteiger partial charge on any atom is 0.315 e. The number of carbonyl (C=O) groups is 1. The highest BCUT2D eigenvalue weighted by Gasteiger charge is 2.09. The molecule has 122 valence electrons. The summed E-state index contributed by atoms with van der Waals surface area (Å²) in [5, 5.41) is 9.39. The Bertz CT molecular complexity index is 797. The Labute approximate surface area is 139 Å². The van der Waals surface area contributed by atoms with E-state index in [1.165, 1.54) is 5.56 Å². The van der Waals surface area contributed by atoms with Crippen molar-refractivity contribution in [3.63, 3.8) is 0 Å². The molecule has 3 rings (SSSR count). The van der Waals surface area contributed by atoms with Gasteiger partial charge >= 0.3 is 6.03 Å². The Kier molecular flexibility index (Phi) is 4.86. The van der Waals surface area contributed by atoms with Crippen LogP contribution in [-0.4, -0.2) is 16.2 Å². The lowest BCUT2D eigenvalue weighted by molar-refractivity contribution is 0.238. The Hall–Kier alpha value is -3.15. The first-order valence-electron chi connectivity index (χ1n) is 7.66. The van der Waals surface area contributed by atoms with Crippen LogP contribution in [0.2, 0.25) is 0 Å². The Morgan fingerprint density at radius 3 is 2.46 bits per heavy atom. The molecule has 0 fully saturated rings. The zero-order chi connectivity index (χ0) is 16.8. The first-order chi connectivity index (χ1) is 11.7. The second-order valence-corrected chi connectivity index (χ2v) is 5.40. The van der Waals surface area contributed by atoms with E-state index in [-0.39, 0.29) is 12.6 Å². The fourth-order valence-electron chi connectivity index (χ4n) is 2.14. The normalized spacial score (nSPS) is 10.4. The third-order valence-electron chi connectivity index (χ3n) is 3.47. The number of urea groups is 1. The minimum atomic E-state index is -0.282. The van der Waals surface area contributed by atoms with E-state index in [0.29, 0.717) is 18.3 Å². The van der Waals surface area contributed by atoms with Crippen molar-refractivity contribution in [1.29, 1.82) is 0 Å². The van der Waals surface area contributed by atoms with Crippen LogP contribution in [0.25, 0.3) is 11.4 Å². The molecule has 0 saturated carbocycles. The predicted molar refractivity (Wildman–Crippen MR) is 90.0 cm³/mol. The fraction of sp³-hybridized carbons (Fsp3) is 0.167. The molecule has 1 aromatic heterocycles. The average molecular weight is 322 g/mol. The molecule has 2 aromatic carbocycles. The minimum Gasteiger partial charge on any atom is -0.337 e. The zero-order valence-electron chi connectivity index (χ0n) is 13.3. The molecule has 0 aliphatic carbocycles. The van der Waals surface area contributed by atoms with Gasteiger partial charge < -0.3 is 15.2 Å². The van der Waals surface area contributed by atoms with Crippen LogP contribution < -0.4 is 10.6 Å². The van der Waals surface area contributed by atoms with E-state index >= 15 is 0 Å². The third kappa shape index (κ3) is 4.19. The number of rotatable bonds is 5. The molecule has 0 aliphatic heterocycles. The van der Waals surface area contributed by atoms with Crippen LogP contribution in [-0.2, 0) is 13.1 Å². The first-order valence-corrected chi connectivity index (χ1v) is 7.66. The van der Waals surface area contributed by atoms with Gasteiger partial charge in [-0.05, 0) is 12.5 Å². The van der Waals surface area contributed by atoms with E-state index in [2.05, 4.69) is 20.8 Å². The van der Waals surface area contributed by atoms with Gasteiger partial charge in [-0.3, -0.25) is 0 Å². The summed E-state index contributed by atoms with van der Waals surface area (Å²) in [5.74, 6) is 0.867. The van der Waals surface area contributed by atoms with Crippen LogP contribution in [0.3, 0.4) is 0 Å². The molecule has 6 nitrogen and oxygen atoms in total. The number of carbonyl (C=O) groups excluding carboxylic acids is 1. The minimum absolute atomic E-state index is 0.180. The molecule has 6 heteroatoms. The van der Waals surface area contributed by atoms with Crippen molar-refractivity contribution in [3.05, 3.63) is 71.6 Å². The second-order valence-electron chi connectivity index (χ2n) is 5.40. The van der Waals surface area contributed by atoms with E-state index in [1.54, 1.807) is 0 Å². The molecular weight excluding hydrogens is 304 g/mol. The third-order valence-corrected chi connectivity index (χ3v) is 3.47. The maximum absolute atomic E-state index is 11.8. The molecule has 1 heterocycles. The molecular formula is C18H18N4O2. The van der Waals surface area contributed by atoms with Crippen molar-refractivity contribution in [1.82, 2.24) is 20.8 Å². The standard InChI is InChI=1S/C18H18N4O2/c1-13-7-9-14(10-8-13)11-19-18(23)20-12-16-21-17(22-24-16)15-5-3-2-4-6-15/h2-10H,11-12H2,1H3,(H2,19,20,23). The van der Waals surface area contributed by atoms with Gasteiger partial charge in [0.1, 0.15) is 0 Å². The van der Waals surface area contributed by atoms with E-state index in [9.17, 15) is 4.79 Å². The summed E-state index contributed by atoms with van der Waals surface area (Å²) in [6.45, 7) is 2.67. The van der Waals surface area contributed by atoms with E-state index in [0.717, 1.165) is 11.1 Å². The van der Waals surface area contributed by atoms with Crippen LogP contribution in [0.15, 0.2) is 59.1 Å².